The van der Waals surface area contributed by atoms with Crippen LogP contribution < -0.4 is 0 Å². The van der Waals surface area contributed by atoms with Gasteiger partial charge in [0, 0.05) is 23.7 Å². The zero-order valence-corrected chi connectivity index (χ0v) is 19.7. The lowest BCUT2D eigenvalue weighted by Gasteiger charge is -2.56. The Morgan fingerprint density at radius 2 is 1.87 bits per heavy atom. The number of rotatable bonds is 0. The van der Waals surface area contributed by atoms with Gasteiger partial charge in [-0.3, -0.25) is 4.79 Å². The van der Waals surface area contributed by atoms with Crippen LogP contribution in [0, 0.1) is 46.3 Å². The van der Waals surface area contributed by atoms with Crippen molar-refractivity contribution >= 4 is 5.78 Å². The van der Waals surface area contributed by atoms with E-state index in [4.69, 9.17) is 9.47 Å². The average molecular weight is 429 g/mol. The van der Waals surface area contributed by atoms with Crippen LogP contribution in [0.25, 0.3) is 0 Å². The Bertz CT molecular complexity index is 810. The van der Waals surface area contributed by atoms with E-state index < -0.39 is 5.79 Å². The van der Waals surface area contributed by atoms with Crippen molar-refractivity contribution in [3.05, 3.63) is 11.6 Å². The average Bonchev–Trinajstić information content (AvgIpc) is 3.18. The molecule has 0 radical (unpaired) electrons. The lowest BCUT2D eigenvalue weighted by Crippen LogP contribution is -2.53. The Morgan fingerprint density at radius 1 is 1.06 bits per heavy atom. The minimum Gasteiger partial charge on any atom is -0.393 e. The predicted octanol–water partition coefficient (Wildman–Crippen LogP) is 4.89. The number of carbonyl (C=O) groups is 1. The van der Waals surface area contributed by atoms with Gasteiger partial charge in [0.05, 0.1) is 18.8 Å². The van der Waals surface area contributed by atoms with Crippen molar-refractivity contribution in [2.75, 3.05) is 6.61 Å². The van der Waals surface area contributed by atoms with Gasteiger partial charge in [0.25, 0.3) is 0 Å². The van der Waals surface area contributed by atoms with Crippen molar-refractivity contribution in [1.82, 2.24) is 0 Å². The molecule has 0 bridgehead atoms. The Morgan fingerprint density at radius 3 is 2.61 bits per heavy atom. The molecule has 0 aromatic rings. The molecular weight excluding hydrogens is 388 g/mol. The van der Waals surface area contributed by atoms with E-state index in [0.717, 1.165) is 45.1 Å². The highest BCUT2D eigenvalue weighted by Gasteiger charge is 2.70. The third-order valence-corrected chi connectivity index (χ3v) is 11.2. The first-order valence-corrected chi connectivity index (χ1v) is 13.0. The number of allylic oxidation sites excluding steroid dienone is 2. The molecule has 2 aliphatic heterocycles. The highest BCUT2D eigenvalue weighted by Crippen LogP contribution is 2.69. The second-order valence-electron chi connectivity index (χ2n) is 12.6. The quantitative estimate of drug-likeness (QED) is 0.597. The first-order chi connectivity index (χ1) is 14.7. The van der Waals surface area contributed by atoms with E-state index >= 15 is 0 Å². The topological polar surface area (TPSA) is 55.8 Å². The molecular formula is C27H40O4. The molecule has 6 aliphatic rings. The molecule has 31 heavy (non-hydrogen) atoms. The maximum Gasteiger partial charge on any atom is 0.171 e. The third-order valence-electron chi connectivity index (χ3n) is 11.2. The summed E-state index contributed by atoms with van der Waals surface area (Å²) in [4.78, 5) is 13.9. The normalized spacial score (nSPS) is 58.4. The number of hydrogen-bond donors (Lipinski definition) is 1. The van der Waals surface area contributed by atoms with Gasteiger partial charge in [0.15, 0.2) is 11.6 Å². The summed E-state index contributed by atoms with van der Waals surface area (Å²) in [5, 5.41) is 10.3. The van der Waals surface area contributed by atoms with Crippen LogP contribution >= 0.6 is 0 Å². The van der Waals surface area contributed by atoms with Gasteiger partial charge >= 0.3 is 0 Å². The lowest BCUT2D eigenvalue weighted by molar-refractivity contribution is -0.271. The lowest BCUT2D eigenvalue weighted by atomic mass is 9.48. The molecule has 3 saturated carbocycles. The van der Waals surface area contributed by atoms with Crippen molar-refractivity contribution in [1.29, 1.82) is 0 Å². The molecule has 4 aliphatic carbocycles. The fraction of sp³-hybridized carbons (Fsp3) is 0.889. The summed E-state index contributed by atoms with van der Waals surface area (Å²) in [5.41, 5.74) is 1.19. The Hall–Kier alpha value is -0.710. The van der Waals surface area contributed by atoms with Crippen LogP contribution in [0.4, 0.5) is 0 Å². The number of ketones is 1. The van der Waals surface area contributed by atoms with E-state index in [9.17, 15) is 9.90 Å². The largest absolute Gasteiger partial charge is 0.393 e. The standard InChI is InChI=1S/C27H40O4/c1-15-7-10-27(30-14-15)16(2)24-22(31-27)12-21-19-6-5-17-11-18(28)8-9-25(17,3)20(19)13-23(29)26(21,24)4/h13,15-19,21-22,24,28H,5-12,14H2,1-4H3/t15-,16-,17-,18-,19-,21+,22-,24-,25-,26+,27+/m0/s1. The van der Waals surface area contributed by atoms with Gasteiger partial charge in [-0.15, -0.1) is 0 Å². The van der Waals surface area contributed by atoms with E-state index in [1.165, 1.54) is 18.4 Å². The zero-order chi connectivity index (χ0) is 21.8. The molecule has 0 aromatic carbocycles. The monoisotopic (exact) mass is 428 g/mol. The minimum absolute atomic E-state index is 0.0904. The van der Waals surface area contributed by atoms with Crippen molar-refractivity contribution in [2.45, 2.75) is 97.1 Å². The fourth-order valence-corrected chi connectivity index (χ4v) is 9.28. The Balaban J connectivity index is 1.34. The van der Waals surface area contributed by atoms with Gasteiger partial charge in [-0.25, -0.2) is 0 Å². The van der Waals surface area contributed by atoms with Gasteiger partial charge in [-0.1, -0.05) is 33.3 Å². The molecule has 2 heterocycles. The molecule has 4 nitrogen and oxygen atoms in total. The smallest absolute Gasteiger partial charge is 0.171 e. The number of carbonyl (C=O) groups excluding carboxylic acids is 1. The molecule has 1 N–H and O–H groups in total. The van der Waals surface area contributed by atoms with E-state index in [0.29, 0.717) is 29.5 Å². The molecule has 4 heteroatoms. The molecule has 0 aromatic heterocycles. The first-order valence-electron chi connectivity index (χ1n) is 13.0. The molecule has 11 atom stereocenters. The zero-order valence-electron chi connectivity index (χ0n) is 19.7. The highest BCUT2D eigenvalue weighted by atomic mass is 16.7. The molecule has 6 rings (SSSR count). The second-order valence-corrected chi connectivity index (χ2v) is 12.6. The van der Waals surface area contributed by atoms with Gasteiger partial charge in [0.2, 0.25) is 0 Å². The number of fused-ring (bicyclic) bond motifs is 7. The highest BCUT2D eigenvalue weighted by molar-refractivity contribution is 5.97. The van der Waals surface area contributed by atoms with Gasteiger partial charge in [0.1, 0.15) is 0 Å². The Labute approximate surface area is 187 Å². The minimum atomic E-state index is -0.469. The Kier molecular flexibility index (Phi) is 4.49. The number of aliphatic hydroxyl groups excluding tert-OH is 1. The summed E-state index contributed by atoms with van der Waals surface area (Å²) >= 11 is 0. The van der Waals surface area contributed by atoms with E-state index in [2.05, 4.69) is 33.8 Å². The molecule has 172 valence electrons. The van der Waals surface area contributed by atoms with Gasteiger partial charge in [-0.05, 0) is 80.1 Å². The van der Waals surface area contributed by atoms with E-state index in [1.807, 2.05) is 0 Å². The first kappa shape index (κ1) is 20.9. The fourth-order valence-electron chi connectivity index (χ4n) is 9.28. The summed E-state index contributed by atoms with van der Waals surface area (Å²) in [5.74, 6) is 2.41. The SMILES string of the molecule is C[C@H]1CC[C@@]2(OC1)O[C@H]1C[C@@H]3[C@H]4CC[C@H]5C[C@@H](O)CC[C@]5(C)C4=CC(=O)[C@]3(C)[C@H]1[C@@H]2C. The van der Waals surface area contributed by atoms with Crippen molar-refractivity contribution in [3.63, 3.8) is 0 Å². The van der Waals surface area contributed by atoms with Crippen LogP contribution in [0.15, 0.2) is 11.6 Å². The maximum absolute atomic E-state index is 13.9. The van der Waals surface area contributed by atoms with E-state index in [1.54, 1.807) is 0 Å². The van der Waals surface area contributed by atoms with Gasteiger partial charge in [-0.2, -0.15) is 0 Å². The molecule has 0 amide bonds. The van der Waals surface area contributed by atoms with Crippen LogP contribution in [0.2, 0.25) is 0 Å². The summed E-state index contributed by atoms with van der Waals surface area (Å²) in [7, 11) is 0. The van der Waals surface area contributed by atoms with Crippen LogP contribution in [-0.4, -0.2) is 35.5 Å². The number of hydrogen-bond acceptors (Lipinski definition) is 4. The summed E-state index contributed by atoms with van der Waals surface area (Å²) in [6.07, 6.45) is 10.3. The molecule has 2 saturated heterocycles. The number of aliphatic hydroxyl groups is 1. The summed E-state index contributed by atoms with van der Waals surface area (Å²) in [6, 6.07) is 0. The van der Waals surface area contributed by atoms with Gasteiger partial charge < -0.3 is 14.6 Å². The second kappa shape index (κ2) is 6.67. The molecule has 5 fully saturated rings. The van der Waals surface area contributed by atoms with Crippen LogP contribution in [0.5, 0.6) is 0 Å². The van der Waals surface area contributed by atoms with Crippen LogP contribution in [0.3, 0.4) is 0 Å². The van der Waals surface area contributed by atoms with Crippen molar-refractivity contribution < 1.29 is 19.4 Å². The van der Waals surface area contributed by atoms with Crippen LogP contribution in [0.1, 0.15) is 79.1 Å². The summed E-state index contributed by atoms with van der Waals surface area (Å²) in [6.45, 7) is 9.97. The van der Waals surface area contributed by atoms with Crippen molar-refractivity contribution in [2.24, 2.45) is 46.3 Å². The predicted molar refractivity (Wildman–Crippen MR) is 118 cm³/mol. The summed E-state index contributed by atoms with van der Waals surface area (Å²) < 4.78 is 13.2. The van der Waals surface area contributed by atoms with Crippen molar-refractivity contribution in [3.8, 4) is 0 Å². The maximum atomic E-state index is 13.9. The molecule has 1 spiro atoms. The molecule has 0 unspecified atom stereocenters. The number of ether oxygens (including phenoxy) is 2. The van der Waals surface area contributed by atoms with Crippen LogP contribution in [-0.2, 0) is 14.3 Å². The third kappa shape index (κ3) is 2.62. The van der Waals surface area contributed by atoms with E-state index in [-0.39, 0.29) is 34.9 Å².